The number of hydrogen-bond acceptors (Lipinski definition) is 6. The summed E-state index contributed by atoms with van der Waals surface area (Å²) in [5, 5.41) is 11.2. The van der Waals surface area contributed by atoms with Gasteiger partial charge >= 0.3 is 12.7 Å². The van der Waals surface area contributed by atoms with Gasteiger partial charge in [0.25, 0.3) is 0 Å². The van der Waals surface area contributed by atoms with E-state index in [1.807, 2.05) is 0 Å². The quantitative estimate of drug-likeness (QED) is 0.122. The van der Waals surface area contributed by atoms with Gasteiger partial charge in [0.15, 0.2) is 10.9 Å². The van der Waals surface area contributed by atoms with Crippen molar-refractivity contribution in [1.29, 1.82) is 0 Å². The number of alkyl halides is 6. The summed E-state index contributed by atoms with van der Waals surface area (Å²) < 4.78 is 82.7. The molecule has 8 nitrogen and oxygen atoms in total. The van der Waals surface area contributed by atoms with Crippen LogP contribution in [0.5, 0.6) is 11.5 Å². The number of hydrazone groups is 1. The summed E-state index contributed by atoms with van der Waals surface area (Å²) in [7, 11) is 0. The molecule has 0 atom stereocenters. The topological polar surface area (TPSA) is 85.6 Å². The van der Waals surface area contributed by atoms with Crippen LogP contribution in [-0.2, 0) is 0 Å². The van der Waals surface area contributed by atoms with E-state index < -0.39 is 12.7 Å². The predicted octanol–water partition coefficient (Wildman–Crippen LogP) is 6.05. The second kappa shape index (κ2) is 11.4. The van der Waals surface area contributed by atoms with Crippen molar-refractivity contribution in [2.75, 3.05) is 5.32 Å². The third-order valence-corrected chi connectivity index (χ3v) is 4.91. The average molecular weight is 566 g/mol. The van der Waals surface area contributed by atoms with E-state index in [-0.39, 0.29) is 16.6 Å². The largest absolute Gasteiger partial charge is 0.573 e. The molecular formula is C24H16F6N6O2S. The number of ether oxygens (including phenoxy) is 2. The zero-order chi connectivity index (χ0) is 28.0. The van der Waals surface area contributed by atoms with E-state index in [1.165, 1.54) is 53.6 Å². The normalized spacial score (nSPS) is 11.8. The molecule has 0 bridgehead atoms. The zero-order valence-corrected chi connectivity index (χ0v) is 20.2. The standard InChI is InChI=1S/C24H16F6N6O2S/c25-23(26,27)37-19-9-5-17(6-10-19)33-22(39)34-32-13-15-1-3-16(4-2-15)21-31-14-36(35-21)18-7-11-20(12-8-18)38-24(28,29)30/h1-14H,(H2,33,34,39). The van der Waals surface area contributed by atoms with Gasteiger partial charge in [-0.2, -0.15) is 5.10 Å². The maximum Gasteiger partial charge on any atom is 0.573 e. The molecule has 0 aliphatic rings. The Labute approximate surface area is 221 Å². The molecule has 0 saturated carbocycles. The van der Waals surface area contributed by atoms with Gasteiger partial charge in [0.1, 0.15) is 17.8 Å². The van der Waals surface area contributed by atoms with Crippen LogP contribution in [0.15, 0.2) is 84.2 Å². The highest BCUT2D eigenvalue weighted by atomic mass is 32.1. The molecule has 0 amide bonds. The van der Waals surface area contributed by atoms with Crippen molar-refractivity contribution in [2.45, 2.75) is 12.7 Å². The summed E-state index contributed by atoms with van der Waals surface area (Å²) in [5.74, 6) is -0.309. The van der Waals surface area contributed by atoms with Gasteiger partial charge in [-0.3, -0.25) is 5.43 Å². The average Bonchev–Trinajstić information content (AvgIpc) is 3.35. The molecule has 0 aliphatic heterocycles. The minimum Gasteiger partial charge on any atom is -0.406 e. The lowest BCUT2D eigenvalue weighted by Crippen LogP contribution is -2.23. The first-order valence-corrected chi connectivity index (χ1v) is 11.2. The van der Waals surface area contributed by atoms with Crippen molar-refractivity contribution in [3.05, 3.63) is 84.7 Å². The van der Waals surface area contributed by atoms with E-state index in [4.69, 9.17) is 12.2 Å². The molecule has 39 heavy (non-hydrogen) atoms. The first-order chi connectivity index (χ1) is 18.4. The first kappa shape index (κ1) is 27.4. The minimum absolute atomic E-state index is 0.111. The maximum absolute atomic E-state index is 12.3. The molecule has 4 rings (SSSR count). The fourth-order valence-corrected chi connectivity index (χ4v) is 3.27. The summed E-state index contributed by atoms with van der Waals surface area (Å²) in [6, 6.07) is 17.2. The molecule has 4 aromatic rings. The van der Waals surface area contributed by atoms with Gasteiger partial charge in [0.05, 0.1) is 11.9 Å². The second-order valence-electron chi connectivity index (χ2n) is 7.57. The smallest absolute Gasteiger partial charge is 0.406 e. The number of nitrogens with one attached hydrogen (secondary N) is 2. The number of aromatic nitrogens is 3. The van der Waals surface area contributed by atoms with E-state index in [0.717, 1.165) is 12.1 Å². The van der Waals surface area contributed by atoms with E-state index in [1.54, 1.807) is 24.3 Å². The van der Waals surface area contributed by atoms with Crippen LogP contribution in [0.4, 0.5) is 32.0 Å². The van der Waals surface area contributed by atoms with Crippen molar-refractivity contribution in [1.82, 2.24) is 20.2 Å². The van der Waals surface area contributed by atoms with Crippen molar-refractivity contribution in [2.24, 2.45) is 5.10 Å². The van der Waals surface area contributed by atoms with Gasteiger partial charge < -0.3 is 14.8 Å². The Morgan fingerprint density at radius 2 is 1.38 bits per heavy atom. The molecule has 0 radical (unpaired) electrons. The number of hydrogen-bond donors (Lipinski definition) is 2. The van der Waals surface area contributed by atoms with Crippen molar-refractivity contribution in [3.63, 3.8) is 0 Å². The minimum atomic E-state index is -4.77. The van der Waals surface area contributed by atoms with Crippen molar-refractivity contribution in [3.8, 4) is 28.6 Å². The second-order valence-corrected chi connectivity index (χ2v) is 7.98. The van der Waals surface area contributed by atoms with Crippen LogP contribution in [0, 0.1) is 0 Å². The summed E-state index contributed by atoms with van der Waals surface area (Å²) in [5.41, 5.74) is 4.92. The lowest BCUT2D eigenvalue weighted by Gasteiger charge is -2.10. The third kappa shape index (κ3) is 8.43. The van der Waals surface area contributed by atoms with Crippen LogP contribution in [0.1, 0.15) is 5.56 Å². The van der Waals surface area contributed by atoms with Crippen LogP contribution in [0.25, 0.3) is 17.1 Å². The van der Waals surface area contributed by atoms with Gasteiger partial charge in [-0.1, -0.05) is 24.3 Å². The van der Waals surface area contributed by atoms with Crippen molar-refractivity contribution >= 4 is 29.2 Å². The lowest BCUT2D eigenvalue weighted by molar-refractivity contribution is -0.275. The molecule has 2 N–H and O–H groups in total. The Balaban J connectivity index is 1.30. The predicted molar refractivity (Wildman–Crippen MR) is 134 cm³/mol. The number of benzene rings is 3. The molecule has 0 aliphatic carbocycles. The van der Waals surface area contributed by atoms with E-state index >= 15 is 0 Å². The van der Waals surface area contributed by atoms with Gasteiger partial charge in [0, 0.05) is 11.3 Å². The Hall–Kier alpha value is -4.66. The molecule has 1 heterocycles. The molecule has 0 unspecified atom stereocenters. The fraction of sp³-hybridized carbons (Fsp3) is 0.0833. The highest BCUT2D eigenvalue weighted by Crippen LogP contribution is 2.25. The monoisotopic (exact) mass is 566 g/mol. The molecule has 0 fully saturated rings. The Bertz CT molecular complexity index is 1440. The molecule has 3 aromatic carbocycles. The summed E-state index contributed by atoms with van der Waals surface area (Å²) in [6.45, 7) is 0. The number of anilines is 1. The molecule has 1 aromatic heterocycles. The molecule has 0 saturated heterocycles. The molecular weight excluding hydrogens is 550 g/mol. The zero-order valence-electron chi connectivity index (χ0n) is 19.4. The van der Waals surface area contributed by atoms with E-state index in [9.17, 15) is 26.3 Å². The van der Waals surface area contributed by atoms with Crippen LogP contribution in [-0.4, -0.2) is 38.8 Å². The van der Waals surface area contributed by atoms with Crippen LogP contribution < -0.4 is 20.2 Å². The van der Waals surface area contributed by atoms with E-state index in [2.05, 4.69) is 35.4 Å². The summed E-state index contributed by atoms with van der Waals surface area (Å²) in [4.78, 5) is 4.23. The number of nitrogens with zero attached hydrogens (tertiary/aromatic N) is 4. The number of rotatable bonds is 7. The molecule has 202 valence electrons. The summed E-state index contributed by atoms with van der Waals surface area (Å²) in [6.07, 6.45) is -6.62. The molecule has 15 heteroatoms. The summed E-state index contributed by atoms with van der Waals surface area (Å²) >= 11 is 5.11. The van der Waals surface area contributed by atoms with Crippen LogP contribution >= 0.6 is 12.2 Å². The Morgan fingerprint density at radius 3 is 1.95 bits per heavy atom. The number of thiocarbonyl (C=S) groups is 1. The highest BCUT2D eigenvalue weighted by Gasteiger charge is 2.31. The van der Waals surface area contributed by atoms with E-state index in [0.29, 0.717) is 28.3 Å². The van der Waals surface area contributed by atoms with Gasteiger partial charge in [0.2, 0.25) is 0 Å². The molecule has 0 spiro atoms. The first-order valence-electron chi connectivity index (χ1n) is 10.8. The Morgan fingerprint density at radius 1 is 0.821 bits per heavy atom. The van der Waals surface area contributed by atoms with Crippen molar-refractivity contribution < 1.29 is 35.8 Å². The number of halogens is 6. The fourth-order valence-electron chi connectivity index (χ4n) is 3.10. The lowest BCUT2D eigenvalue weighted by atomic mass is 10.1. The third-order valence-electron chi connectivity index (χ3n) is 4.72. The maximum atomic E-state index is 12.3. The highest BCUT2D eigenvalue weighted by molar-refractivity contribution is 7.80. The van der Waals surface area contributed by atoms with Gasteiger partial charge in [-0.25, -0.2) is 9.67 Å². The van der Waals surface area contributed by atoms with Gasteiger partial charge in [-0.05, 0) is 66.3 Å². The van der Waals surface area contributed by atoms with Crippen LogP contribution in [0.2, 0.25) is 0 Å². The van der Waals surface area contributed by atoms with Gasteiger partial charge in [-0.15, -0.1) is 31.4 Å². The Kier molecular flexibility index (Phi) is 7.99. The van der Waals surface area contributed by atoms with Crippen LogP contribution in [0.3, 0.4) is 0 Å². The SMILES string of the molecule is FC(F)(F)Oc1ccc(NC(=S)NN=Cc2ccc(-c3ncn(-c4ccc(OC(F)(F)F)cc4)n3)cc2)cc1.